The number of aryl methyl sites for hydroxylation is 1. The van der Waals surface area contributed by atoms with Crippen molar-refractivity contribution in [2.45, 2.75) is 13.5 Å². The quantitative estimate of drug-likeness (QED) is 0.776. The van der Waals surface area contributed by atoms with Gasteiger partial charge in [-0.3, -0.25) is 0 Å². The van der Waals surface area contributed by atoms with Gasteiger partial charge in [-0.2, -0.15) is 0 Å². The third-order valence-corrected chi connectivity index (χ3v) is 3.42. The van der Waals surface area contributed by atoms with Gasteiger partial charge < -0.3 is 9.88 Å². The van der Waals surface area contributed by atoms with Crippen molar-refractivity contribution in [3.63, 3.8) is 0 Å². The van der Waals surface area contributed by atoms with E-state index in [1.165, 1.54) is 11.1 Å². The number of hydrogen-bond donors (Lipinski definition) is 1. The molecule has 1 N–H and O–H groups in total. The van der Waals surface area contributed by atoms with Gasteiger partial charge in [0.25, 0.3) is 0 Å². The SMILES string of the molecule is Cc1ccccc1CNc1ccccc1-n1ccnc1. The molecule has 3 heteroatoms. The largest absolute Gasteiger partial charge is 0.379 e. The molecule has 0 bridgehead atoms. The fourth-order valence-corrected chi connectivity index (χ4v) is 2.25. The van der Waals surface area contributed by atoms with Crippen LogP contribution >= 0.6 is 0 Å². The molecule has 0 amide bonds. The van der Waals surface area contributed by atoms with Crippen molar-refractivity contribution < 1.29 is 0 Å². The van der Waals surface area contributed by atoms with E-state index < -0.39 is 0 Å². The first-order chi connectivity index (χ1) is 9.84. The lowest BCUT2D eigenvalue weighted by Crippen LogP contribution is -2.04. The van der Waals surface area contributed by atoms with Crippen molar-refractivity contribution in [3.05, 3.63) is 78.4 Å². The van der Waals surface area contributed by atoms with Crippen LogP contribution in [0.25, 0.3) is 5.69 Å². The highest BCUT2D eigenvalue weighted by Gasteiger charge is 2.04. The first-order valence-corrected chi connectivity index (χ1v) is 6.70. The summed E-state index contributed by atoms with van der Waals surface area (Å²) < 4.78 is 2.01. The van der Waals surface area contributed by atoms with Crippen LogP contribution in [0, 0.1) is 6.92 Å². The molecule has 3 aromatic rings. The van der Waals surface area contributed by atoms with E-state index in [0.29, 0.717) is 0 Å². The Morgan fingerprint density at radius 2 is 1.85 bits per heavy atom. The van der Waals surface area contributed by atoms with Crippen LogP contribution in [0.1, 0.15) is 11.1 Å². The zero-order chi connectivity index (χ0) is 13.8. The number of nitrogens with one attached hydrogen (secondary N) is 1. The first-order valence-electron chi connectivity index (χ1n) is 6.70. The summed E-state index contributed by atoms with van der Waals surface area (Å²) in [4.78, 5) is 4.11. The molecule has 0 atom stereocenters. The maximum absolute atomic E-state index is 4.11. The van der Waals surface area contributed by atoms with Gasteiger partial charge in [-0.05, 0) is 30.2 Å². The number of rotatable bonds is 4. The summed E-state index contributed by atoms with van der Waals surface area (Å²) in [5.74, 6) is 0. The van der Waals surface area contributed by atoms with E-state index in [1.54, 1.807) is 6.20 Å². The number of hydrogen-bond acceptors (Lipinski definition) is 2. The summed E-state index contributed by atoms with van der Waals surface area (Å²) in [6.45, 7) is 2.96. The lowest BCUT2D eigenvalue weighted by atomic mass is 10.1. The normalized spacial score (nSPS) is 10.4. The van der Waals surface area contributed by atoms with E-state index in [0.717, 1.165) is 17.9 Å². The zero-order valence-electron chi connectivity index (χ0n) is 11.5. The molecule has 0 aliphatic carbocycles. The van der Waals surface area contributed by atoms with Crippen molar-refractivity contribution in [1.82, 2.24) is 9.55 Å². The van der Waals surface area contributed by atoms with Gasteiger partial charge in [-0.25, -0.2) is 4.98 Å². The van der Waals surface area contributed by atoms with Gasteiger partial charge in [0.2, 0.25) is 0 Å². The van der Waals surface area contributed by atoms with E-state index in [1.807, 2.05) is 29.2 Å². The number of imidazole rings is 1. The van der Waals surface area contributed by atoms with Gasteiger partial charge >= 0.3 is 0 Å². The Morgan fingerprint density at radius 3 is 2.65 bits per heavy atom. The van der Waals surface area contributed by atoms with Crippen molar-refractivity contribution in [2.24, 2.45) is 0 Å². The van der Waals surface area contributed by atoms with E-state index in [9.17, 15) is 0 Å². The molecule has 1 heterocycles. The van der Waals surface area contributed by atoms with Crippen LogP contribution in [-0.4, -0.2) is 9.55 Å². The van der Waals surface area contributed by atoms with Crippen LogP contribution in [-0.2, 0) is 6.54 Å². The molecule has 3 rings (SSSR count). The predicted octanol–water partition coefficient (Wildman–Crippen LogP) is 3.79. The molecule has 0 aliphatic rings. The predicted molar refractivity (Wildman–Crippen MR) is 82.1 cm³/mol. The van der Waals surface area contributed by atoms with E-state index >= 15 is 0 Å². The van der Waals surface area contributed by atoms with Crippen molar-refractivity contribution in [2.75, 3.05) is 5.32 Å². The first kappa shape index (κ1) is 12.5. The molecular formula is C17H17N3. The standard InChI is InChI=1S/C17H17N3/c1-14-6-2-3-7-15(14)12-19-16-8-4-5-9-17(16)20-11-10-18-13-20/h2-11,13,19H,12H2,1H3. The molecule has 0 spiro atoms. The molecule has 0 unspecified atom stereocenters. The summed E-state index contributed by atoms with van der Waals surface area (Å²) in [6, 6.07) is 16.7. The Kier molecular flexibility index (Phi) is 3.50. The van der Waals surface area contributed by atoms with E-state index in [4.69, 9.17) is 0 Å². The second kappa shape index (κ2) is 5.61. The van der Waals surface area contributed by atoms with Gasteiger partial charge in [-0.1, -0.05) is 36.4 Å². The average molecular weight is 263 g/mol. The van der Waals surface area contributed by atoms with Crippen molar-refractivity contribution in [1.29, 1.82) is 0 Å². The van der Waals surface area contributed by atoms with Crippen LogP contribution in [0.15, 0.2) is 67.3 Å². The minimum absolute atomic E-state index is 0.818. The van der Waals surface area contributed by atoms with Gasteiger partial charge in [0.15, 0.2) is 0 Å². The molecule has 2 aromatic carbocycles. The number of aromatic nitrogens is 2. The van der Waals surface area contributed by atoms with Crippen molar-refractivity contribution >= 4 is 5.69 Å². The molecule has 1 aromatic heterocycles. The highest BCUT2D eigenvalue weighted by atomic mass is 15.0. The molecule has 0 saturated carbocycles. The summed E-state index contributed by atoms with van der Waals surface area (Å²) in [5.41, 5.74) is 4.83. The molecule has 20 heavy (non-hydrogen) atoms. The lowest BCUT2D eigenvalue weighted by Gasteiger charge is -2.13. The minimum atomic E-state index is 0.818. The summed E-state index contributed by atoms with van der Waals surface area (Å²) in [6.07, 6.45) is 5.56. The van der Waals surface area contributed by atoms with Gasteiger partial charge in [-0.15, -0.1) is 0 Å². The van der Waals surface area contributed by atoms with Crippen LogP contribution in [0.2, 0.25) is 0 Å². The smallest absolute Gasteiger partial charge is 0.0992 e. The number of anilines is 1. The van der Waals surface area contributed by atoms with Gasteiger partial charge in [0.05, 0.1) is 17.7 Å². The second-order valence-corrected chi connectivity index (χ2v) is 4.77. The van der Waals surface area contributed by atoms with Crippen LogP contribution < -0.4 is 5.32 Å². The Balaban J connectivity index is 1.84. The lowest BCUT2D eigenvalue weighted by molar-refractivity contribution is 1.04. The van der Waals surface area contributed by atoms with E-state index in [2.05, 4.69) is 53.6 Å². The highest BCUT2D eigenvalue weighted by molar-refractivity contribution is 5.61. The van der Waals surface area contributed by atoms with Crippen LogP contribution in [0.3, 0.4) is 0 Å². The topological polar surface area (TPSA) is 29.9 Å². The van der Waals surface area contributed by atoms with Crippen LogP contribution in [0.4, 0.5) is 5.69 Å². The molecular weight excluding hydrogens is 246 g/mol. The molecule has 3 nitrogen and oxygen atoms in total. The number of para-hydroxylation sites is 2. The Morgan fingerprint density at radius 1 is 1.05 bits per heavy atom. The van der Waals surface area contributed by atoms with Gasteiger partial charge in [0.1, 0.15) is 0 Å². The molecule has 0 radical (unpaired) electrons. The number of nitrogens with zero attached hydrogens (tertiary/aromatic N) is 2. The van der Waals surface area contributed by atoms with Crippen LogP contribution in [0.5, 0.6) is 0 Å². The zero-order valence-corrected chi connectivity index (χ0v) is 11.5. The van der Waals surface area contributed by atoms with Gasteiger partial charge in [0, 0.05) is 18.9 Å². The second-order valence-electron chi connectivity index (χ2n) is 4.77. The molecule has 0 aliphatic heterocycles. The summed E-state index contributed by atoms with van der Waals surface area (Å²) in [5, 5.41) is 3.51. The fourth-order valence-electron chi connectivity index (χ4n) is 2.25. The summed E-state index contributed by atoms with van der Waals surface area (Å²) >= 11 is 0. The Bertz CT molecular complexity index is 687. The van der Waals surface area contributed by atoms with Crippen molar-refractivity contribution in [3.8, 4) is 5.69 Å². The Labute approximate surface area is 118 Å². The maximum Gasteiger partial charge on any atom is 0.0992 e. The van der Waals surface area contributed by atoms with E-state index in [-0.39, 0.29) is 0 Å². The fraction of sp³-hybridized carbons (Fsp3) is 0.118. The average Bonchev–Trinajstić information content (AvgIpc) is 3.01. The Hall–Kier alpha value is -2.55. The summed E-state index contributed by atoms with van der Waals surface area (Å²) in [7, 11) is 0. The molecule has 0 fully saturated rings. The minimum Gasteiger partial charge on any atom is -0.379 e. The third kappa shape index (κ3) is 2.57. The molecule has 100 valence electrons. The monoisotopic (exact) mass is 263 g/mol. The third-order valence-electron chi connectivity index (χ3n) is 3.42. The highest BCUT2D eigenvalue weighted by Crippen LogP contribution is 2.20. The number of benzene rings is 2. The molecule has 0 saturated heterocycles. The maximum atomic E-state index is 4.11.